The second kappa shape index (κ2) is 9.68. The van der Waals surface area contributed by atoms with Crippen LogP contribution in [0.1, 0.15) is 25.0 Å². The van der Waals surface area contributed by atoms with Crippen LogP contribution >= 0.6 is 11.6 Å². The smallest absolute Gasteiger partial charge is 0.329 e. The van der Waals surface area contributed by atoms with E-state index in [2.05, 4.69) is 15.8 Å². The summed E-state index contributed by atoms with van der Waals surface area (Å²) >= 11 is 6.17. The summed E-state index contributed by atoms with van der Waals surface area (Å²) in [6, 6.07) is 10.8. The molecule has 0 aromatic heterocycles. The number of hydrazone groups is 1. The Bertz CT molecular complexity index is 839. The van der Waals surface area contributed by atoms with E-state index in [9.17, 15) is 14.0 Å². The summed E-state index contributed by atoms with van der Waals surface area (Å²) < 4.78 is 18.5. The minimum Gasteiger partial charge on any atom is -0.487 e. The van der Waals surface area contributed by atoms with Gasteiger partial charge in [-0.3, -0.25) is 9.59 Å². The Kier molecular flexibility index (Phi) is 7.31. The quantitative estimate of drug-likeness (QED) is 0.451. The lowest BCUT2D eigenvalue weighted by atomic mass is 10.2. The van der Waals surface area contributed by atoms with Crippen molar-refractivity contribution < 1.29 is 18.7 Å². The van der Waals surface area contributed by atoms with Crippen molar-refractivity contribution in [2.75, 3.05) is 0 Å². The first-order chi connectivity index (χ1) is 12.8. The van der Waals surface area contributed by atoms with Gasteiger partial charge in [-0.1, -0.05) is 23.7 Å². The number of carbonyl (C=O) groups excluding carboxylic acids is 2. The fraction of sp³-hybridized carbons (Fsp3) is 0.211. The summed E-state index contributed by atoms with van der Waals surface area (Å²) in [6.45, 7) is 3.74. The van der Waals surface area contributed by atoms with Gasteiger partial charge in [0.1, 0.15) is 18.2 Å². The molecule has 0 bridgehead atoms. The summed E-state index contributed by atoms with van der Waals surface area (Å²) in [6.07, 6.45) is 1.36. The van der Waals surface area contributed by atoms with Crippen molar-refractivity contribution in [3.8, 4) is 5.75 Å². The van der Waals surface area contributed by atoms with Crippen LogP contribution in [0, 0.1) is 5.82 Å². The minimum absolute atomic E-state index is 0.145. The van der Waals surface area contributed by atoms with Crippen molar-refractivity contribution in [3.05, 3.63) is 64.4 Å². The molecule has 0 saturated carbocycles. The van der Waals surface area contributed by atoms with Crippen LogP contribution in [0.3, 0.4) is 0 Å². The number of amides is 2. The number of halogens is 2. The van der Waals surface area contributed by atoms with E-state index < -0.39 is 11.8 Å². The molecule has 2 aromatic rings. The van der Waals surface area contributed by atoms with Crippen molar-refractivity contribution >= 4 is 29.6 Å². The standard InChI is InChI=1S/C19H19ClFN3O3/c1-12(2)23-18(25)19(26)24-22-10-14-5-8-17(16(20)9-14)27-11-13-3-6-15(21)7-4-13/h3-10,12H,11H2,1-2H3,(H,23,25)(H,24,26)/b22-10-. The molecule has 0 aliphatic carbocycles. The third kappa shape index (κ3) is 6.71. The van der Waals surface area contributed by atoms with E-state index in [1.165, 1.54) is 18.3 Å². The second-order valence-corrected chi connectivity index (χ2v) is 6.34. The molecule has 0 radical (unpaired) electrons. The van der Waals surface area contributed by atoms with Crippen LogP contribution in [-0.2, 0) is 16.2 Å². The molecule has 2 N–H and O–H groups in total. The first-order valence-electron chi connectivity index (χ1n) is 8.16. The molecular weight excluding hydrogens is 373 g/mol. The first kappa shape index (κ1) is 20.4. The molecule has 0 spiro atoms. The van der Waals surface area contributed by atoms with Gasteiger partial charge in [0.2, 0.25) is 0 Å². The van der Waals surface area contributed by atoms with Gasteiger partial charge in [0.15, 0.2) is 0 Å². The Balaban J connectivity index is 1.90. The summed E-state index contributed by atoms with van der Waals surface area (Å²) in [4.78, 5) is 23.0. The van der Waals surface area contributed by atoms with Gasteiger partial charge in [0.05, 0.1) is 11.2 Å². The Labute approximate surface area is 161 Å². The third-order valence-corrected chi connectivity index (χ3v) is 3.56. The molecule has 0 aliphatic rings. The van der Waals surface area contributed by atoms with Gasteiger partial charge >= 0.3 is 11.8 Å². The van der Waals surface area contributed by atoms with Crippen LogP contribution in [0.2, 0.25) is 5.02 Å². The SMILES string of the molecule is CC(C)NC(=O)C(=O)N/N=C\c1ccc(OCc2ccc(F)cc2)c(Cl)c1. The Morgan fingerprint density at radius 1 is 1.19 bits per heavy atom. The summed E-state index contributed by atoms with van der Waals surface area (Å²) in [5.74, 6) is -1.47. The molecular formula is C19H19ClFN3O3. The van der Waals surface area contributed by atoms with E-state index in [1.54, 1.807) is 44.2 Å². The predicted molar refractivity (Wildman–Crippen MR) is 101 cm³/mol. The largest absolute Gasteiger partial charge is 0.487 e. The van der Waals surface area contributed by atoms with Crippen LogP contribution < -0.4 is 15.5 Å². The van der Waals surface area contributed by atoms with Crippen LogP contribution in [0.25, 0.3) is 0 Å². The van der Waals surface area contributed by atoms with Crippen molar-refractivity contribution in [2.45, 2.75) is 26.5 Å². The molecule has 0 unspecified atom stereocenters. The van der Waals surface area contributed by atoms with Gasteiger partial charge in [-0.15, -0.1) is 0 Å². The van der Waals surface area contributed by atoms with Crippen molar-refractivity contribution in [3.63, 3.8) is 0 Å². The monoisotopic (exact) mass is 391 g/mol. The highest BCUT2D eigenvalue weighted by atomic mass is 35.5. The molecule has 27 heavy (non-hydrogen) atoms. The molecule has 2 rings (SSSR count). The molecule has 0 heterocycles. The maximum absolute atomic E-state index is 12.9. The number of hydrogen-bond acceptors (Lipinski definition) is 4. The van der Waals surface area contributed by atoms with Gasteiger partial charge in [0.25, 0.3) is 0 Å². The molecule has 2 amide bonds. The normalized spacial score (nSPS) is 10.9. The zero-order valence-electron chi connectivity index (χ0n) is 14.8. The Morgan fingerprint density at radius 3 is 2.52 bits per heavy atom. The zero-order valence-corrected chi connectivity index (χ0v) is 15.6. The number of hydrogen-bond donors (Lipinski definition) is 2. The number of benzene rings is 2. The van der Waals surface area contributed by atoms with Gasteiger partial charge in [-0.05, 0) is 55.3 Å². The molecule has 6 nitrogen and oxygen atoms in total. The minimum atomic E-state index is -0.856. The van der Waals surface area contributed by atoms with Crippen molar-refractivity contribution in [2.24, 2.45) is 5.10 Å². The van der Waals surface area contributed by atoms with Gasteiger partial charge in [-0.25, -0.2) is 9.82 Å². The lowest BCUT2D eigenvalue weighted by Gasteiger charge is -2.09. The van der Waals surface area contributed by atoms with Crippen molar-refractivity contribution in [1.82, 2.24) is 10.7 Å². The third-order valence-electron chi connectivity index (χ3n) is 3.27. The lowest BCUT2D eigenvalue weighted by Crippen LogP contribution is -2.41. The van der Waals surface area contributed by atoms with E-state index in [-0.39, 0.29) is 18.5 Å². The summed E-state index contributed by atoms with van der Waals surface area (Å²) in [7, 11) is 0. The first-order valence-corrected chi connectivity index (χ1v) is 8.53. The van der Waals surface area contributed by atoms with Crippen LogP contribution in [0.4, 0.5) is 4.39 Å². The van der Waals surface area contributed by atoms with E-state index in [4.69, 9.17) is 16.3 Å². The highest BCUT2D eigenvalue weighted by Gasteiger charge is 2.13. The predicted octanol–water partition coefficient (Wildman–Crippen LogP) is 3.03. The molecule has 8 heteroatoms. The number of nitrogens with one attached hydrogen (secondary N) is 2. The summed E-state index contributed by atoms with van der Waals surface area (Å²) in [5, 5.41) is 6.53. The average Bonchev–Trinajstić information content (AvgIpc) is 2.61. The molecule has 142 valence electrons. The molecule has 0 atom stereocenters. The maximum Gasteiger partial charge on any atom is 0.329 e. The maximum atomic E-state index is 12.9. The molecule has 0 saturated heterocycles. The zero-order chi connectivity index (χ0) is 19.8. The van der Waals surface area contributed by atoms with E-state index >= 15 is 0 Å². The number of rotatable bonds is 6. The van der Waals surface area contributed by atoms with Crippen LogP contribution in [-0.4, -0.2) is 24.1 Å². The topological polar surface area (TPSA) is 79.8 Å². The van der Waals surface area contributed by atoms with Crippen LogP contribution in [0.5, 0.6) is 5.75 Å². The average molecular weight is 392 g/mol. The number of nitrogens with zero attached hydrogens (tertiary/aromatic N) is 1. The van der Waals surface area contributed by atoms with E-state index in [1.807, 2.05) is 0 Å². The van der Waals surface area contributed by atoms with Crippen LogP contribution in [0.15, 0.2) is 47.6 Å². The fourth-order valence-electron chi connectivity index (χ4n) is 2.00. The number of carbonyl (C=O) groups is 2. The Morgan fingerprint density at radius 2 is 1.89 bits per heavy atom. The van der Waals surface area contributed by atoms with Gasteiger partial charge in [0, 0.05) is 6.04 Å². The fourth-order valence-corrected chi connectivity index (χ4v) is 2.24. The number of ether oxygens (including phenoxy) is 1. The molecule has 0 aliphatic heterocycles. The Hall–Kier alpha value is -2.93. The highest BCUT2D eigenvalue weighted by molar-refractivity contribution is 6.35. The van der Waals surface area contributed by atoms with Crippen molar-refractivity contribution in [1.29, 1.82) is 0 Å². The molecule has 0 fully saturated rings. The van der Waals surface area contributed by atoms with Gasteiger partial charge in [-0.2, -0.15) is 5.10 Å². The molecule has 2 aromatic carbocycles. The van der Waals surface area contributed by atoms with E-state index in [0.717, 1.165) is 5.56 Å². The summed E-state index contributed by atoms with van der Waals surface area (Å²) in [5.41, 5.74) is 3.55. The van der Waals surface area contributed by atoms with E-state index in [0.29, 0.717) is 16.3 Å². The van der Waals surface area contributed by atoms with Gasteiger partial charge < -0.3 is 10.1 Å². The lowest BCUT2D eigenvalue weighted by molar-refractivity contribution is -0.139. The highest BCUT2D eigenvalue weighted by Crippen LogP contribution is 2.25. The second-order valence-electron chi connectivity index (χ2n) is 5.93.